The molecule has 0 heterocycles. The summed E-state index contributed by atoms with van der Waals surface area (Å²) in [6, 6.07) is 4.05. The van der Waals surface area contributed by atoms with Crippen LogP contribution in [-0.4, -0.2) is 19.2 Å². The van der Waals surface area contributed by atoms with Gasteiger partial charge >= 0.3 is 5.97 Å². The lowest BCUT2D eigenvalue weighted by Gasteiger charge is -2.12. The summed E-state index contributed by atoms with van der Waals surface area (Å²) in [6.07, 6.45) is 1.92. The third kappa shape index (κ3) is 4.40. The van der Waals surface area contributed by atoms with Crippen LogP contribution in [0.25, 0.3) is 0 Å². The molecule has 1 aromatic carbocycles. The lowest BCUT2D eigenvalue weighted by atomic mass is 10.1. The van der Waals surface area contributed by atoms with E-state index in [1.165, 1.54) is 5.56 Å². The molecule has 3 nitrogen and oxygen atoms in total. The van der Waals surface area contributed by atoms with Gasteiger partial charge in [-0.3, -0.25) is 0 Å². The highest BCUT2D eigenvalue weighted by Gasteiger charge is 2.08. The van der Waals surface area contributed by atoms with Crippen molar-refractivity contribution in [1.82, 2.24) is 0 Å². The van der Waals surface area contributed by atoms with Crippen molar-refractivity contribution in [2.24, 2.45) is 0 Å². The molecular formula is C15H22O3. The highest BCUT2D eigenvalue weighted by molar-refractivity contribution is 5.71. The number of hydrogen-bond donors (Lipinski definition) is 0. The van der Waals surface area contributed by atoms with Crippen LogP contribution >= 0.6 is 0 Å². The molecule has 1 aromatic rings. The number of carbonyl (C=O) groups excluding carboxylic acids is 1. The van der Waals surface area contributed by atoms with Crippen molar-refractivity contribution >= 4 is 5.97 Å². The number of rotatable bonds is 6. The Morgan fingerprint density at radius 2 is 1.94 bits per heavy atom. The van der Waals surface area contributed by atoms with Crippen LogP contribution in [0, 0.1) is 20.8 Å². The van der Waals surface area contributed by atoms with Crippen molar-refractivity contribution < 1.29 is 14.3 Å². The lowest BCUT2D eigenvalue weighted by molar-refractivity contribution is -0.146. The second kappa shape index (κ2) is 7.04. The largest absolute Gasteiger partial charge is 0.482 e. The lowest BCUT2D eigenvalue weighted by Crippen LogP contribution is -2.16. The summed E-state index contributed by atoms with van der Waals surface area (Å²) in [5.74, 6) is 0.460. The Hall–Kier alpha value is -1.51. The zero-order valence-electron chi connectivity index (χ0n) is 11.7. The van der Waals surface area contributed by atoms with E-state index >= 15 is 0 Å². The molecule has 0 aromatic heterocycles. The number of ether oxygens (including phenoxy) is 2. The van der Waals surface area contributed by atoms with E-state index in [0.29, 0.717) is 6.61 Å². The molecule has 0 amide bonds. The summed E-state index contributed by atoms with van der Waals surface area (Å²) in [5.41, 5.74) is 3.37. The molecule has 0 saturated heterocycles. The van der Waals surface area contributed by atoms with Crippen molar-refractivity contribution in [1.29, 1.82) is 0 Å². The molecule has 0 radical (unpaired) electrons. The van der Waals surface area contributed by atoms with Gasteiger partial charge in [-0.2, -0.15) is 0 Å². The maximum absolute atomic E-state index is 11.4. The molecule has 0 N–H and O–H groups in total. The van der Waals surface area contributed by atoms with E-state index in [2.05, 4.69) is 13.0 Å². The fourth-order valence-electron chi connectivity index (χ4n) is 1.66. The molecule has 100 valence electrons. The molecule has 1 rings (SSSR count). The Labute approximate surface area is 109 Å². The van der Waals surface area contributed by atoms with Crippen LogP contribution in [0.2, 0.25) is 0 Å². The minimum absolute atomic E-state index is 0.0204. The third-order valence-electron chi connectivity index (χ3n) is 2.87. The number of carbonyl (C=O) groups is 1. The second-order valence-electron chi connectivity index (χ2n) is 4.57. The Morgan fingerprint density at radius 1 is 1.22 bits per heavy atom. The summed E-state index contributed by atoms with van der Waals surface area (Å²) in [6.45, 7) is 8.56. The van der Waals surface area contributed by atoms with E-state index in [-0.39, 0.29) is 12.6 Å². The van der Waals surface area contributed by atoms with Crippen LogP contribution in [0.15, 0.2) is 12.1 Å². The zero-order chi connectivity index (χ0) is 13.5. The summed E-state index contributed by atoms with van der Waals surface area (Å²) in [7, 11) is 0. The summed E-state index contributed by atoms with van der Waals surface area (Å²) in [5, 5.41) is 0. The van der Waals surface area contributed by atoms with Gasteiger partial charge in [0, 0.05) is 0 Å². The number of esters is 1. The average Bonchev–Trinajstić information content (AvgIpc) is 2.32. The number of benzene rings is 1. The van der Waals surface area contributed by atoms with Gasteiger partial charge in [-0.15, -0.1) is 0 Å². The van der Waals surface area contributed by atoms with Gasteiger partial charge in [0.15, 0.2) is 6.61 Å². The molecular weight excluding hydrogens is 228 g/mol. The predicted molar refractivity (Wildman–Crippen MR) is 72.0 cm³/mol. The number of aryl methyl sites for hydroxylation is 2. The average molecular weight is 250 g/mol. The number of hydrogen-bond acceptors (Lipinski definition) is 3. The smallest absolute Gasteiger partial charge is 0.344 e. The topological polar surface area (TPSA) is 35.5 Å². The highest BCUT2D eigenvalue weighted by Crippen LogP contribution is 2.23. The van der Waals surface area contributed by atoms with Gasteiger partial charge in [0.2, 0.25) is 0 Å². The van der Waals surface area contributed by atoms with Gasteiger partial charge in [-0.05, 0) is 49.9 Å². The molecule has 3 heteroatoms. The van der Waals surface area contributed by atoms with E-state index < -0.39 is 0 Å². The first-order chi connectivity index (χ1) is 8.54. The van der Waals surface area contributed by atoms with Gasteiger partial charge in [-0.1, -0.05) is 19.4 Å². The Kier molecular flexibility index (Phi) is 5.69. The van der Waals surface area contributed by atoms with Crippen molar-refractivity contribution in [2.75, 3.05) is 13.2 Å². The molecule has 0 aliphatic carbocycles. The molecule has 0 spiro atoms. The molecule has 0 saturated carbocycles. The van der Waals surface area contributed by atoms with Crippen molar-refractivity contribution in [3.05, 3.63) is 28.8 Å². The van der Waals surface area contributed by atoms with Crippen LogP contribution in [0.3, 0.4) is 0 Å². The van der Waals surface area contributed by atoms with E-state index in [4.69, 9.17) is 9.47 Å². The van der Waals surface area contributed by atoms with Crippen LogP contribution in [0.4, 0.5) is 0 Å². The second-order valence-corrected chi connectivity index (χ2v) is 4.57. The fourth-order valence-corrected chi connectivity index (χ4v) is 1.66. The Balaban J connectivity index is 2.50. The van der Waals surface area contributed by atoms with Crippen molar-refractivity contribution in [3.8, 4) is 5.75 Å². The van der Waals surface area contributed by atoms with Crippen LogP contribution in [0.1, 0.15) is 36.5 Å². The zero-order valence-corrected chi connectivity index (χ0v) is 11.7. The van der Waals surface area contributed by atoms with Gasteiger partial charge in [-0.25, -0.2) is 4.79 Å². The highest BCUT2D eigenvalue weighted by atomic mass is 16.6. The molecule has 0 unspecified atom stereocenters. The van der Waals surface area contributed by atoms with Crippen LogP contribution in [0.5, 0.6) is 5.75 Å². The first kappa shape index (κ1) is 14.6. The molecule has 0 bridgehead atoms. The van der Waals surface area contributed by atoms with Gasteiger partial charge in [0.05, 0.1) is 6.61 Å². The summed E-state index contributed by atoms with van der Waals surface area (Å²) in [4.78, 5) is 11.4. The molecule has 0 aliphatic heterocycles. The summed E-state index contributed by atoms with van der Waals surface area (Å²) < 4.78 is 10.6. The van der Waals surface area contributed by atoms with E-state index in [0.717, 1.165) is 29.7 Å². The maximum atomic E-state index is 11.4. The fraction of sp³-hybridized carbons (Fsp3) is 0.533. The van der Waals surface area contributed by atoms with Gasteiger partial charge in [0.25, 0.3) is 0 Å². The van der Waals surface area contributed by atoms with Crippen LogP contribution < -0.4 is 4.74 Å². The minimum Gasteiger partial charge on any atom is -0.482 e. The quantitative estimate of drug-likeness (QED) is 0.574. The normalized spacial score (nSPS) is 10.2. The Bertz CT molecular complexity index is 410. The first-order valence-corrected chi connectivity index (χ1v) is 6.41. The SMILES string of the molecule is CCCCOC(=O)COc1cc(C)cc(C)c1C. The van der Waals surface area contributed by atoms with Crippen molar-refractivity contribution in [3.63, 3.8) is 0 Å². The maximum Gasteiger partial charge on any atom is 0.344 e. The third-order valence-corrected chi connectivity index (χ3v) is 2.87. The standard InChI is InChI=1S/C15H22O3/c1-5-6-7-17-15(16)10-18-14-9-11(2)8-12(3)13(14)4/h8-9H,5-7,10H2,1-4H3. The van der Waals surface area contributed by atoms with Gasteiger partial charge < -0.3 is 9.47 Å². The minimum atomic E-state index is -0.304. The molecule has 0 fully saturated rings. The molecule has 0 atom stereocenters. The Morgan fingerprint density at radius 3 is 2.61 bits per heavy atom. The molecule has 18 heavy (non-hydrogen) atoms. The van der Waals surface area contributed by atoms with Crippen molar-refractivity contribution in [2.45, 2.75) is 40.5 Å². The monoisotopic (exact) mass is 250 g/mol. The summed E-state index contributed by atoms with van der Waals surface area (Å²) >= 11 is 0. The first-order valence-electron chi connectivity index (χ1n) is 6.41. The van der Waals surface area contributed by atoms with E-state index in [9.17, 15) is 4.79 Å². The molecule has 0 aliphatic rings. The van der Waals surface area contributed by atoms with Crippen LogP contribution in [-0.2, 0) is 9.53 Å². The van der Waals surface area contributed by atoms with E-state index in [1.807, 2.05) is 26.8 Å². The van der Waals surface area contributed by atoms with E-state index in [1.54, 1.807) is 0 Å². The predicted octanol–water partition coefficient (Wildman–Crippen LogP) is 3.33. The van der Waals surface area contributed by atoms with Gasteiger partial charge in [0.1, 0.15) is 5.75 Å². The number of unbranched alkanes of at least 4 members (excludes halogenated alkanes) is 1.